The summed E-state index contributed by atoms with van der Waals surface area (Å²) in [4.78, 5) is 0.245. The monoisotopic (exact) mass is 307 g/mol. The topological polar surface area (TPSA) is 66.4 Å². The summed E-state index contributed by atoms with van der Waals surface area (Å²) in [5, 5.41) is 9.26. The van der Waals surface area contributed by atoms with Gasteiger partial charge >= 0.3 is 0 Å². The Morgan fingerprint density at radius 2 is 1.88 bits per heavy atom. The number of hydrogen-bond acceptors (Lipinski definition) is 3. The highest BCUT2D eigenvalue weighted by Crippen LogP contribution is 2.12. The number of rotatable bonds is 6. The van der Waals surface area contributed by atoms with Crippen LogP contribution in [0.25, 0.3) is 0 Å². The third-order valence-corrected chi connectivity index (χ3v) is 4.14. The van der Waals surface area contributed by atoms with Gasteiger partial charge in [0, 0.05) is 18.5 Å². The van der Waals surface area contributed by atoms with Gasteiger partial charge in [-0.05, 0) is 24.1 Å². The summed E-state index contributed by atoms with van der Waals surface area (Å²) < 4.78 is 25.8. The molecule has 0 spiro atoms. The molecule has 0 fully saturated rings. The molecule has 0 saturated heterocycles. The Balaban J connectivity index is 2.74. The van der Waals surface area contributed by atoms with Gasteiger partial charge in [0.2, 0.25) is 10.0 Å². The van der Waals surface area contributed by atoms with Crippen molar-refractivity contribution >= 4 is 26.0 Å². The summed E-state index contributed by atoms with van der Waals surface area (Å²) in [5.41, 5.74) is 1.02. The molecule has 0 amide bonds. The van der Waals surface area contributed by atoms with Gasteiger partial charge in [-0.3, -0.25) is 0 Å². The Bertz CT molecular complexity index is 416. The standard InChI is InChI=1S/C10H14BrNO3S/c11-8-9-2-4-10(5-3-9)16(14,15)12-6-1-7-13/h2-5,12-13H,1,6-8H2. The fourth-order valence-corrected chi connectivity index (χ4v) is 2.57. The zero-order chi connectivity index (χ0) is 12.0. The van der Waals surface area contributed by atoms with Gasteiger partial charge in [-0.15, -0.1) is 0 Å². The van der Waals surface area contributed by atoms with E-state index < -0.39 is 10.0 Å². The molecule has 0 saturated carbocycles. The maximum Gasteiger partial charge on any atom is 0.240 e. The number of aliphatic hydroxyl groups is 1. The van der Waals surface area contributed by atoms with Crippen molar-refractivity contribution in [1.29, 1.82) is 0 Å². The molecule has 1 aromatic carbocycles. The molecule has 0 atom stereocenters. The van der Waals surface area contributed by atoms with E-state index in [1.54, 1.807) is 24.3 Å². The second-order valence-electron chi connectivity index (χ2n) is 3.25. The Morgan fingerprint density at radius 3 is 2.38 bits per heavy atom. The van der Waals surface area contributed by atoms with Crippen LogP contribution < -0.4 is 4.72 Å². The minimum Gasteiger partial charge on any atom is -0.396 e. The van der Waals surface area contributed by atoms with Crippen LogP contribution in [0.5, 0.6) is 0 Å². The predicted molar refractivity (Wildman–Crippen MR) is 66.0 cm³/mol. The van der Waals surface area contributed by atoms with Crippen LogP contribution in [0.1, 0.15) is 12.0 Å². The van der Waals surface area contributed by atoms with Gasteiger partial charge in [-0.2, -0.15) is 0 Å². The van der Waals surface area contributed by atoms with E-state index in [1.807, 2.05) is 0 Å². The van der Waals surface area contributed by atoms with Crippen molar-refractivity contribution in [2.45, 2.75) is 16.6 Å². The third kappa shape index (κ3) is 3.86. The quantitative estimate of drug-likeness (QED) is 0.614. The van der Waals surface area contributed by atoms with Crippen LogP contribution in [-0.4, -0.2) is 26.7 Å². The lowest BCUT2D eigenvalue weighted by Gasteiger charge is -2.06. The summed E-state index contributed by atoms with van der Waals surface area (Å²) in [6.07, 6.45) is 0.415. The van der Waals surface area contributed by atoms with Gasteiger partial charge in [0.25, 0.3) is 0 Å². The first-order valence-electron chi connectivity index (χ1n) is 4.85. The van der Waals surface area contributed by atoms with Crippen LogP contribution in [0.15, 0.2) is 29.2 Å². The SMILES string of the molecule is O=S(=O)(NCCCO)c1ccc(CBr)cc1. The summed E-state index contributed by atoms with van der Waals surface area (Å²) in [5.74, 6) is 0. The van der Waals surface area contributed by atoms with Crippen molar-refractivity contribution in [3.63, 3.8) is 0 Å². The predicted octanol–water partition coefficient (Wildman–Crippen LogP) is 1.24. The molecular weight excluding hydrogens is 294 g/mol. The number of sulfonamides is 1. The second-order valence-corrected chi connectivity index (χ2v) is 5.58. The molecule has 2 N–H and O–H groups in total. The molecular formula is C10H14BrNO3S. The highest BCUT2D eigenvalue weighted by Gasteiger charge is 2.12. The zero-order valence-electron chi connectivity index (χ0n) is 8.69. The summed E-state index contributed by atoms with van der Waals surface area (Å²) in [6.45, 7) is 0.226. The maximum absolute atomic E-state index is 11.7. The van der Waals surface area contributed by atoms with E-state index in [2.05, 4.69) is 20.7 Å². The summed E-state index contributed by atoms with van der Waals surface area (Å²) in [7, 11) is -3.43. The summed E-state index contributed by atoms with van der Waals surface area (Å²) in [6, 6.07) is 6.65. The molecule has 1 rings (SSSR count). The van der Waals surface area contributed by atoms with Gasteiger partial charge in [-0.1, -0.05) is 28.1 Å². The van der Waals surface area contributed by atoms with Crippen LogP contribution in [-0.2, 0) is 15.4 Å². The molecule has 0 aliphatic rings. The molecule has 1 aromatic rings. The van der Waals surface area contributed by atoms with E-state index >= 15 is 0 Å². The maximum atomic E-state index is 11.7. The Labute approximate surface area is 104 Å². The number of nitrogens with one attached hydrogen (secondary N) is 1. The second kappa shape index (κ2) is 6.34. The molecule has 0 aliphatic carbocycles. The van der Waals surface area contributed by atoms with Gasteiger partial charge in [0.15, 0.2) is 0 Å². The van der Waals surface area contributed by atoms with Crippen molar-refractivity contribution in [3.8, 4) is 0 Å². The molecule has 0 heterocycles. The van der Waals surface area contributed by atoms with Gasteiger partial charge in [0.1, 0.15) is 0 Å². The van der Waals surface area contributed by atoms with Crippen molar-refractivity contribution in [3.05, 3.63) is 29.8 Å². The highest BCUT2D eigenvalue weighted by atomic mass is 79.9. The number of halogens is 1. The minimum absolute atomic E-state index is 0.0228. The van der Waals surface area contributed by atoms with Crippen molar-refractivity contribution in [1.82, 2.24) is 4.72 Å². The van der Waals surface area contributed by atoms with E-state index in [4.69, 9.17) is 5.11 Å². The lowest BCUT2D eigenvalue weighted by Crippen LogP contribution is -2.25. The summed E-state index contributed by atoms with van der Waals surface area (Å²) >= 11 is 3.29. The first-order valence-corrected chi connectivity index (χ1v) is 7.46. The Morgan fingerprint density at radius 1 is 1.25 bits per heavy atom. The molecule has 90 valence electrons. The van der Waals surface area contributed by atoms with Crippen LogP contribution in [0.2, 0.25) is 0 Å². The van der Waals surface area contributed by atoms with E-state index in [1.165, 1.54) is 0 Å². The van der Waals surface area contributed by atoms with E-state index in [-0.39, 0.29) is 18.0 Å². The molecule has 0 aromatic heterocycles. The normalized spacial score (nSPS) is 11.6. The molecule has 0 radical (unpaired) electrons. The lowest BCUT2D eigenvalue weighted by atomic mass is 10.2. The van der Waals surface area contributed by atoms with Crippen molar-refractivity contribution in [2.75, 3.05) is 13.2 Å². The average Bonchev–Trinajstić information content (AvgIpc) is 2.29. The molecule has 0 unspecified atom stereocenters. The Kier molecular flexibility index (Phi) is 5.40. The van der Waals surface area contributed by atoms with E-state index in [9.17, 15) is 8.42 Å². The molecule has 0 bridgehead atoms. The van der Waals surface area contributed by atoms with Crippen LogP contribution in [0, 0.1) is 0 Å². The molecule has 0 aliphatic heterocycles. The minimum atomic E-state index is -3.43. The first kappa shape index (κ1) is 13.6. The fourth-order valence-electron chi connectivity index (χ4n) is 1.13. The fraction of sp³-hybridized carbons (Fsp3) is 0.400. The number of aliphatic hydroxyl groups excluding tert-OH is 1. The van der Waals surface area contributed by atoms with Gasteiger partial charge in [0.05, 0.1) is 4.90 Å². The molecule has 16 heavy (non-hydrogen) atoms. The van der Waals surface area contributed by atoms with Crippen LogP contribution >= 0.6 is 15.9 Å². The van der Waals surface area contributed by atoms with E-state index in [0.29, 0.717) is 11.8 Å². The first-order chi connectivity index (χ1) is 7.60. The van der Waals surface area contributed by atoms with Crippen molar-refractivity contribution in [2.24, 2.45) is 0 Å². The van der Waals surface area contributed by atoms with Crippen molar-refractivity contribution < 1.29 is 13.5 Å². The molecule has 4 nitrogen and oxygen atoms in total. The van der Waals surface area contributed by atoms with E-state index in [0.717, 1.165) is 5.56 Å². The Hall–Kier alpha value is -0.430. The number of benzene rings is 1. The van der Waals surface area contributed by atoms with Gasteiger partial charge < -0.3 is 5.11 Å². The lowest BCUT2D eigenvalue weighted by molar-refractivity contribution is 0.289. The van der Waals surface area contributed by atoms with Crippen LogP contribution in [0.4, 0.5) is 0 Å². The smallest absolute Gasteiger partial charge is 0.240 e. The number of hydrogen-bond donors (Lipinski definition) is 2. The van der Waals surface area contributed by atoms with Gasteiger partial charge in [-0.25, -0.2) is 13.1 Å². The molecule has 6 heteroatoms. The third-order valence-electron chi connectivity index (χ3n) is 2.01. The largest absolute Gasteiger partial charge is 0.396 e. The number of alkyl halides is 1. The average molecular weight is 308 g/mol. The zero-order valence-corrected chi connectivity index (χ0v) is 11.1. The highest BCUT2D eigenvalue weighted by molar-refractivity contribution is 9.08. The van der Waals surface area contributed by atoms with Crippen LogP contribution in [0.3, 0.4) is 0 Å².